The molecule has 0 aromatic heterocycles. The van der Waals surface area contributed by atoms with E-state index in [4.69, 9.17) is 32.9 Å². The summed E-state index contributed by atoms with van der Waals surface area (Å²) in [6, 6.07) is 33.1. The highest BCUT2D eigenvalue weighted by Crippen LogP contribution is 2.39. The van der Waals surface area contributed by atoms with Gasteiger partial charge in [0.15, 0.2) is 5.17 Å². The van der Waals surface area contributed by atoms with Crippen LogP contribution in [0.15, 0.2) is 113 Å². The van der Waals surface area contributed by atoms with Crippen molar-refractivity contribution >= 4 is 52.1 Å². The van der Waals surface area contributed by atoms with Crippen molar-refractivity contribution in [1.82, 2.24) is 4.90 Å². The first-order chi connectivity index (χ1) is 18.6. The quantitative estimate of drug-likeness (QED) is 0.204. The number of thioether (sulfide) groups is 1. The van der Waals surface area contributed by atoms with Crippen LogP contribution < -0.4 is 4.74 Å². The second-order valence-corrected chi connectivity index (χ2v) is 10.5. The molecule has 0 spiro atoms. The summed E-state index contributed by atoms with van der Waals surface area (Å²) in [6.45, 7) is 1.23. The van der Waals surface area contributed by atoms with Crippen LogP contribution in [0.4, 0.5) is 0 Å². The van der Waals surface area contributed by atoms with Gasteiger partial charge in [-0.05, 0) is 46.7 Å². The number of amidine groups is 1. The first-order valence-corrected chi connectivity index (χ1v) is 13.6. The fraction of sp³-hybridized carbons (Fsp3) is 0.0968. The van der Waals surface area contributed by atoms with E-state index >= 15 is 0 Å². The van der Waals surface area contributed by atoms with Gasteiger partial charge in [-0.25, -0.2) is 0 Å². The van der Waals surface area contributed by atoms with Crippen LogP contribution in [0.1, 0.15) is 22.3 Å². The lowest BCUT2D eigenvalue weighted by Gasteiger charge is -2.16. The van der Waals surface area contributed by atoms with Crippen LogP contribution in [0, 0.1) is 0 Å². The van der Waals surface area contributed by atoms with Crippen LogP contribution in [0.25, 0.3) is 6.08 Å². The predicted molar refractivity (Wildman–Crippen MR) is 157 cm³/mol. The summed E-state index contributed by atoms with van der Waals surface area (Å²) in [5.41, 5.74) is 3.74. The monoisotopic (exact) mass is 558 g/mol. The molecule has 7 heteroatoms. The smallest absolute Gasteiger partial charge is 0.267 e. The zero-order chi connectivity index (χ0) is 26.3. The van der Waals surface area contributed by atoms with Gasteiger partial charge in [0, 0.05) is 10.6 Å². The van der Waals surface area contributed by atoms with E-state index in [2.05, 4.69) is 0 Å². The maximum Gasteiger partial charge on any atom is 0.267 e. The molecule has 4 aromatic carbocycles. The van der Waals surface area contributed by atoms with Crippen molar-refractivity contribution in [2.75, 3.05) is 0 Å². The molecule has 0 aliphatic carbocycles. The molecule has 0 bridgehead atoms. The number of carbonyl (C=O) groups excluding carboxylic acids is 1. The average Bonchev–Trinajstić information content (AvgIpc) is 3.22. The first kappa shape index (κ1) is 26.1. The molecule has 190 valence electrons. The molecule has 1 aliphatic rings. The number of amides is 1. The van der Waals surface area contributed by atoms with Crippen LogP contribution >= 0.6 is 35.0 Å². The number of hydrogen-bond acceptors (Lipinski definition) is 4. The highest BCUT2D eigenvalue weighted by molar-refractivity contribution is 8.18. The summed E-state index contributed by atoms with van der Waals surface area (Å²) in [6.07, 6.45) is 1.79. The Balaban J connectivity index is 1.46. The second-order valence-electron chi connectivity index (χ2n) is 8.65. The molecule has 4 aromatic rings. The Bertz CT molecular complexity index is 1480. The van der Waals surface area contributed by atoms with Gasteiger partial charge in [-0.2, -0.15) is 0 Å². The standard InChI is InChI=1S/C31H24Cl2N2O2S/c32-26-16-25(29(27(33)18-26)37-21-24-14-8-3-9-15-24)17-28-30(36)35(20-23-12-6-2-7-13-23)31(38-28)34-19-22-10-4-1-5-11-22/h1-18H,19-21H2/b28-17+,34-31?. The third-order valence-corrected chi connectivity index (χ3v) is 7.40. The molecule has 1 aliphatic heterocycles. The normalized spacial score (nSPS) is 15.4. The van der Waals surface area contributed by atoms with Gasteiger partial charge < -0.3 is 4.74 Å². The Kier molecular flexibility index (Phi) is 8.49. The maximum absolute atomic E-state index is 13.6. The fourth-order valence-electron chi connectivity index (χ4n) is 3.98. The molecule has 1 amide bonds. The van der Waals surface area contributed by atoms with E-state index in [0.29, 0.717) is 51.1 Å². The van der Waals surface area contributed by atoms with E-state index in [-0.39, 0.29) is 5.91 Å². The molecule has 0 atom stereocenters. The van der Waals surface area contributed by atoms with E-state index in [1.807, 2.05) is 91.0 Å². The van der Waals surface area contributed by atoms with Crippen LogP contribution in [0.3, 0.4) is 0 Å². The van der Waals surface area contributed by atoms with E-state index in [1.165, 1.54) is 11.8 Å². The Labute approximate surface area is 236 Å². The highest BCUT2D eigenvalue weighted by atomic mass is 35.5. The summed E-state index contributed by atoms with van der Waals surface area (Å²) in [5.74, 6) is 0.348. The van der Waals surface area contributed by atoms with E-state index in [0.717, 1.165) is 16.7 Å². The van der Waals surface area contributed by atoms with Gasteiger partial charge >= 0.3 is 0 Å². The SMILES string of the molecule is O=C1/C(=C\c2cc(Cl)cc(Cl)c2OCc2ccccc2)SC(=NCc2ccccc2)N1Cc1ccccc1. The van der Waals surface area contributed by atoms with Gasteiger partial charge in [0.05, 0.1) is 23.0 Å². The minimum absolute atomic E-state index is 0.129. The van der Waals surface area contributed by atoms with E-state index in [9.17, 15) is 4.79 Å². The summed E-state index contributed by atoms with van der Waals surface area (Å²) in [4.78, 5) is 20.7. The Morgan fingerprint density at radius 3 is 2.08 bits per heavy atom. The molecule has 0 saturated carbocycles. The van der Waals surface area contributed by atoms with Gasteiger partial charge in [-0.1, -0.05) is 114 Å². The number of nitrogens with zero attached hydrogens (tertiary/aromatic N) is 2. The number of ether oxygens (including phenoxy) is 1. The molecule has 5 rings (SSSR count). The molecule has 0 unspecified atom stereocenters. The summed E-state index contributed by atoms with van der Waals surface area (Å²) in [5, 5.41) is 1.49. The fourth-order valence-corrected chi connectivity index (χ4v) is 5.51. The summed E-state index contributed by atoms with van der Waals surface area (Å²) >= 11 is 14.2. The van der Waals surface area contributed by atoms with Crippen molar-refractivity contribution in [3.63, 3.8) is 0 Å². The average molecular weight is 560 g/mol. The van der Waals surface area contributed by atoms with Crippen LogP contribution in [0.2, 0.25) is 10.0 Å². The maximum atomic E-state index is 13.6. The number of aliphatic imine (C=N–C) groups is 1. The number of hydrogen-bond donors (Lipinski definition) is 0. The first-order valence-electron chi connectivity index (χ1n) is 12.1. The Morgan fingerprint density at radius 1 is 0.816 bits per heavy atom. The van der Waals surface area contributed by atoms with Crippen LogP contribution in [-0.4, -0.2) is 16.0 Å². The van der Waals surface area contributed by atoms with Crippen molar-refractivity contribution < 1.29 is 9.53 Å². The third-order valence-electron chi connectivity index (χ3n) is 5.86. The van der Waals surface area contributed by atoms with E-state index < -0.39 is 0 Å². The van der Waals surface area contributed by atoms with Gasteiger partial charge in [0.25, 0.3) is 5.91 Å². The highest BCUT2D eigenvalue weighted by Gasteiger charge is 2.33. The lowest BCUT2D eigenvalue weighted by Crippen LogP contribution is -2.28. The molecule has 0 radical (unpaired) electrons. The topological polar surface area (TPSA) is 41.9 Å². The van der Waals surface area contributed by atoms with Gasteiger partial charge in [0.2, 0.25) is 0 Å². The lowest BCUT2D eigenvalue weighted by atomic mass is 10.1. The Morgan fingerprint density at radius 2 is 1.42 bits per heavy atom. The van der Waals surface area contributed by atoms with Gasteiger partial charge in [-0.15, -0.1) is 0 Å². The molecule has 0 N–H and O–H groups in total. The number of rotatable bonds is 8. The van der Waals surface area contributed by atoms with Crippen molar-refractivity contribution in [1.29, 1.82) is 0 Å². The second kappa shape index (κ2) is 12.4. The molecular formula is C31H24Cl2N2O2S. The zero-order valence-electron chi connectivity index (χ0n) is 20.4. The van der Waals surface area contributed by atoms with Crippen molar-refractivity contribution in [3.8, 4) is 5.75 Å². The summed E-state index contributed by atoms with van der Waals surface area (Å²) in [7, 11) is 0. The number of halogens is 2. The Hall–Kier alpha value is -3.51. The van der Waals surface area contributed by atoms with E-state index in [1.54, 1.807) is 23.1 Å². The predicted octanol–water partition coefficient (Wildman–Crippen LogP) is 8.25. The van der Waals surface area contributed by atoms with Crippen LogP contribution in [0.5, 0.6) is 5.75 Å². The number of benzene rings is 4. The third kappa shape index (κ3) is 6.48. The lowest BCUT2D eigenvalue weighted by molar-refractivity contribution is -0.122. The van der Waals surface area contributed by atoms with Crippen molar-refractivity contribution in [2.24, 2.45) is 4.99 Å². The van der Waals surface area contributed by atoms with Crippen molar-refractivity contribution in [2.45, 2.75) is 19.7 Å². The van der Waals surface area contributed by atoms with Crippen molar-refractivity contribution in [3.05, 3.63) is 140 Å². The minimum atomic E-state index is -0.129. The van der Waals surface area contributed by atoms with Crippen LogP contribution in [-0.2, 0) is 24.5 Å². The summed E-state index contributed by atoms with van der Waals surface area (Å²) < 4.78 is 6.11. The largest absolute Gasteiger partial charge is 0.487 e. The molecular weight excluding hydrogens is 535 g/mol. The van der Waals surface area contributed by atoms with Gasteiger partial charge in [0.1, 0.15) is 12.4 Å². The zero-order valence-corrected chi connectivity index (χ0v) is 22.7. The number of carbonyl (C=O) groups is 1. The molecule has 38 heavy (non-hydrogen) atoms. The molecule has 1 heterocycles. The minimum Gasteiger partial charge on any atom is -0.487 e. The molecule has 1 saturated heterocycles. The molecule has 1 fully saturated rings. The van der Waals surface area contributed by atoms with Gasteiger partial charge in [-0.3, -0.25) is 14.7 Å². The molecule has 4 nitrogen and oxygen atoms in total.